The van der Waals surface area contributed by atoms with E-state index >= 15 is 0 Å². The van der Waals surface area contributed by atoms with Gasteiger partial charge in [0.2, 0.25) is 5.13 Å². The van der Waals surface area contributed by atoms with Gasteiger partial charge >= 0.3 is 0 Å². The van der Waals surface area contributed by atoms with Gasteiger partial charge < -0.3 is 10.1 Å². The molecule has 0 saturated carbocycles. The van der Waals surface area contributed by atoms with Gasteiger partial charge in [-0.25, -0.2) is 4.98 Å². The van der Waals surface area contributed by atoms with Crippen LogP contribution in [0, 0.1) is 0 Å². The Morgan fingerprint density at radius 3 is 2.35 bits per heavy atom. The Kier molecular flexibility index (Phi) is 4.49. The van der Waals surface area contributed by atoms with Crippen LogP contribution in [0.3, 0.4) is 0 Å². The smallest absolute Gasteiger partial charge is 0.203 e. The van der Waals surface area contributed by atoms with Crippen molar-refractivity contribution in [2.75, 3.05) is 11.9 Å². The van der Waals surface area contributed by atoms with Gasteiger partial charge in [-0.05, 0) is 41.0 Å². The molecule has 1 aromatic heterocycles. The van der Waals surface area contributed by atoms with Gasteiger partial charge in [-0.2, -0.15) is 4.37 Å². The first-order valence-electron chi connectivity index (χ1n) is 6.07. The summed E-state index contributed by atoms with van der Waals surface area (Å²) < 4.78 is 10.2. The lowest BCUT2D eigenvalue weighted by Gasteiger charge is -2.24. The Morgan fingerprint density at radius 2 is 1.88 bits per heavy atom. The molecule has 0 radical (unpaired) electrons. The summed E-state index contributed by atoms with van der Waals surface area (Å²) in [6.45, 7) is 13.1. The summed E-state index contributed by atoms with van der Waals surface area (Å²) >= 11 is 1.39. The highest BCUT2D eigenvalue weighted by atomic mass is 32.1. The summed E-state index contributed by atoms with van der Waals surface area (Å²) in [5, 5.41) is 4.18. The number of anilines is 1. The summed E-state index contributed by atoms with van der Waals surface area (Å²) in [5.74, 6) is 0.776. The average Bonchev–Trinajstić information content (AvgIpc) is 2.64. The molecule has 1 aromatic rings. The van der Waals surface area contributed by atoms with Crippen LogP contribution < -0.4 is 5.32 Å². The van der Waals surface area contributed by atoms with Crippen LogP contribution in [-0.2, 0) is 10.3 Å². The molecule has 5 heteroatoms. The van der Waals surface area contributed by atoms with Crippen molar-refractivity contribution in [3.8, 4) is 0 Å². The summed E-state index contributed by atoms with van der Waals surface area (Å²) in [4.78, 5) is 4.53. The predicted molar refractivity (Wildman–Crippen MR) is 72.6 cm³/mol. The van der Waals surface area contributed by atoms with E-state index in [2.05, 4.69) is 42.4 Å². The molecular weight excluding hydrogens is 234 g/mol. The van der Waals surface area contributed by atoms with Gasteiger partial charge in [-0.3, -0.25) is 0 Å². The molecule has 0 fully saturated rings. The highest BCUT2D eigenvalue weighted by Gasteiger charge is 2.30. The third-order valence-corrected chi connectivity index (χ3v) is 3.15. The van der Waals surface area contributed by atoms with E-state index in [9.17, 15) is 0 Å². The molecule has 4 nitrogen and oxygen atoms in total. The van der Waals surface area contributed by atoms with Gasteiger partial charge in [0.1, 0.15) is 5.60 Å². The third-order valence-electron chi connectivity index (χ3n) is 2.52. The van der Waals surface area contributed by atoms with Crippen LogP contribution in [0.15, 0.2) is 0 Å². The van der Waals surface area contributed by atoms with Gasteiger partial charge in [0.05, 0.1) is 0 Å². The van der Waals surface area contributed by atoms with E-state index < -0.39 is 0 Å². The standard InChI is InChI=1S/C12H23N3OS/c1-7-12(6,16-8-2)9-13-10(17-15-9)14-11(3,4)5/h7-8H2,1-6H3,(H,13,14,15). The summed E-state index contributed by atoms with van der Waals surface area (Å²) in [6, 6.07) is 0. The quantitative estimate of drug-likeness (QED) is 0.878. The first-order chi connectivity index (χ1) is 7.80. The Morgan fingerprint density at radius 1 is 1.24 bits per heavy atom. The van der Waals surface area contributed by atoms with Gasteiger partial charge in [0.25, 0.3) is 0 Å². The van der Waals surface area contributed by atoms with Crippen molar-refractivity contribution in [2.24, 2.45) is 0 Å². The van der Waals surface area contributed by atoms with Gasteiger partial charge in [0, 0.05) is 23.7 Å². The molecule has 1 heterocycles. The van der Waals surface area contributed by atoms with Crippen molar-refractivity contribution in [3.05, 3.63) is 5.82 Å². The molecule has 0 amide bonds. The minimum atomic E-state index is -0.372. The molecule has 0 spiro atoms. The Labute approximate surface area is 108 Å². The van der Waals surface area contributed by atoms with E-state index in [4.69, 9.17) is 4.74 Å². The Bertz CT molecular complexity index is 359. The molecule has 0 aromatic carbocycles. The van der Waals surface area contributed by atoms with Gasteiger partial charge in [0.15, 0.2) is 5.82 Å². The van der Waals surface area contributed by atoms with Crippen molar-refractivity contribution in [2.45, 2.75) is 59.1 Å². The Balaban J connectivity index is 2.86. The number of nitrogens with one attached hydrogen (secondary N) is 1. The molecule has 1 atom stereocenters. The second-order valence-corrected chi connectivity index (χ2v) is 6.07. The number of nitrogens with zero attached hydrogens (tertiary/aromatic N) is 2. The monoisotopic (exact) mass is 257 g/mol. The van der Waals surface area contributed by atoms with Crippen molar-refractivity contribution in [1.82, 2.24) is 9.36 Å². The predicted octanol–water partition coefficient (Wildman–Crippen LogP) is 3.41. The van der Waals surface area contributed by atoms with E-state index in [1.807, 2.05) is 13.8 Å². The molecular formula is C12H23N3OS. The van der Waals surface area contributed by atoms with Crippen molar-refractivity contribution < 1.29 is 4.74 Å². The maximum Gasteiger partial charge on any atom is 0.203 e. The van der Waals surface area contributed by atoms with E-state index in [1.54, 1.807) is 0 Å². The second kappa shape index (κ2) is 5.31. The van der Waals surface area contributed by atoms with Gasteiger partial charge in [-0.1, -0.05) is 6.92 Å². The summed E-state index contributed by atoms with van der Waals surface area (Å²) in [7, 11) is 0. The van der Waals surface area contributed by atoms with Crippen LogP contribution in [0.5, 0.6) is 0 Å². The number of ether oxygens (including phenoxy) is 1. The number of hydrogen-bond donors (Lipinski definition) is 1. The minimum absolute atomic E-state index is 0.00499. The SMILES string of the molecule is CCOC(C)(CC)c1nsc(NC(C)(C)C)n1. The number of aromatic nitrogens is 2. The number of hydrogen-bond acceptors (Lipinski definition) is 5. The summed E-state index contributed by atoms with van der Waals surface area (Å²) in [6.07, 6.45) is 0.868. The largest absolute Gasteiger partial charge is 0.368 e. The van der Waals surface area contributed by atoms with Crippen molar-refractivity contribution in [1.29, 1.82) is 0 Å². The summed E-state index contributed by atoms with van der Waals surface area (Å²) in [5.41, 5.74) is -0.367. The van der Waals surface area contributed by atoms with E-state index in [0.29, 0.717) is 6.61 Å². The fraction of sp³-hybridized carbons (Fsp3) is 0.833. The van der Waals surface area contributed by atoms with Crippen LogP contribution in [0.2, 0.25) is 0 Å². The minimum Gasteiger partial charge on any atom is -0.368 e. The highest BCUT2D eigenvalue weighted by Crippen LogP contribution is 2.29. The van der Waals surface area contributed by atoms with Crippen LogP contribution in [-0.4, -0.2) is 21.5 Å². The molecule has 0 aliphatic carbocycles. The van der Waals surface area contributed by atoms with Gasteiger partial charge in [-0.15, -0.1) is 0 Å². The van der Waals surface area contributed by atoms with Crippen LogP contribution >= 0.6 is 11.5 Å². The third kappa shape index (κ3) is 3.92. The Hall–Kier alpha value is -0.680. The topological polar surface area (TPSA) is 47.0 Å². The molecule has 0 aliphatic heterocycles. The van der Waals surface area contributed by atoms with Crippen LogP contribution in [0.25, 0.3) is 0 Å². The lowest BCUT2D eigenvalue weighted by atomic mass is 10.0. The fourth-order valence-corrected chi connectivity index (χ4v) is 2.34. The molecule has 1 N–H and O–H groups in total. The molecule has 98 valence electrons. The lowest BCUT2D eigenvalue weighted by molar-refractivity contribution is -0.0381. The molecule has 1 rings (SSSR count). The number of rotatable bonds is 5. The zero-order chi connectivity index (χ0) is 13.1. The fourth-order valence-electron chi connectivity index (χ4n) is 1.45. The van der Waals surface area contributed by atoms with E-state index in [0.717, 1.165) is 17.4 Å². The van der Waals surface area contributed by atoms with Crippen molar-refractivity contribution in [3.63, 3.8) is 0 Å². The first kappa shape index (κ1) is 14.4. The average molecular weight is 257 g/mol. The normalized spacial score (nSPS) is 15.6. The molecule has 1 unspecified atom stereocenters. The highest BCUT2D eigenvalue weighted by molar-refractivity contribution is 7.09. The van der Waals surface area contributed by atoms with E-state index in [1.165, 1.54) is 11.5 Å². The van der Waals surface area contributed by atoms with E-state index in [-0.39, 0.29) is 11.1 Å². The molecule has 0 saturated heterocycles. The van der Waals surface area contributed by atoms with Crippen LogP contribution in [0.4, 0.5) is 5.13 Å². The zero-order valence-corrected chi connectivity index (χ0v) is 12.4. The second-order valence-electron chi connectivity index (χ2n) is 5.32. The lowest BCUT2D eigenvalue weighted by Crippen LogP contribution is -2.28. The van der Waals surface area contributed by atoms with Crippen LogP contribution in [0.1, 0.15) is 53.8 Å². The maximum absolute atomic E-state index is 5.76. The van der Waals surface area contributed by atoms with Crippen molar-refractivity contribution >= 4 is 16.7 Å². The first-order valence-corrected chi connectivity index (χ1v) is 6.84. The zero-order valence-electron chi connectivity index (χ0n) is 11.6. The molecule has 17 heavy (non-hydrogen) atoms. The molecule has 0 aliphatic rings. The molecule has 0 bridgehead atoms. The maximum atomic E-state index is 5.76.